The molecule has 0 aliphatic rings. The van der Waals surface area contributed by atoms with Crippen molar-refractivity contribution >= 4 is 29.7 Å². The lowest BCUT2D eigenvalue weighted by Crippen LogP contribution is -2.41. The highest BCUT2D eigenvalue weighted by atomic mass is 35.5. The second-order valence-electron chi connectivity index (χ2n) is 2.86. The molecule has 68 valence electrons. The molecule has 0 aromatic carbocycles. The van der Waals surface area contributed by atoms with Gasteiger partial charge in [-0.3, -0.25) is 0 Å². The zero-order valence-corrected chi connectivity index (χ0v) is 8.85. The van der Waals surface area contributed by atoms with Crippen molar-refractivity contribution in [1.29, 1.82) is 0 Å². The number of nitrogens with two attached hydrogens (primary N) is 1. The van der Waals surface area contributed by atoms with Crippen LogP contribution >= 0.6 is 24.6 Å². The highest BCUT2D eigenvalue weighted by Gasteiger charge is 2.18. The van der Waals surface area contributed by atoms with Gasteiger partial charge in [-0.1, -0.05) is 6.92 Å². The summed E-state index contributed by atoms with van der Waals surface area (Å²) in [7, 11) is 0. The summed E-state index contributed by atoms with van der Waals surface area (Å²) < 4.78 is 5.16. The highest BCUT2D eigenvalue weighted by molar-refractivity contribution is 7.80. The number of hydrogen-bond acceptors (Lipinski definition) is 3. The first kappa shape index (κ1) is 13.7. The minimum atomic E-state index is -0.482. The quantitative estimate of drug-likeness (QED) is 0.702. The summed E-state index contributed by atoms with van der Waals surface area (Å²) in [6.45, 7) is 6.38. The summed E-state index contributed by atoms with van der Waals surface area (Å²) in [5.41, 5.74) is 5.17. The topological polar surface area (TPSA) is 35.2 Å². The smallest absolute Gasteiger partial charge is 0.178 e. The number of rotatable bonds is 3. The van der Waals surface area contributed by atoms with Crippen LogP contribution in [-0.4, -0.2) is 17.2 Å². The van der Waals surface area contributed by atoms with Crippen LogP contribution in [0.1, 0.15) is 27.2 Å². The molecule has 0 aliphatic carbocycles. The summed E-state index contributed by atoms with van der Waals surface area (Å²) in [5.74, 6) is 0. The van der Waals surface area contributed by atoms with E-state index in [0.29, 0.717) is 11.7 Å². The maximum absolute atomic E-state index is 5.65. The second kappa shape index (κ2) is 5.75. The maximum atomic E-state index is 5.65. The van der Waals surface area contributed by atoms with Crippen LogP contribution in [-0.2, 0) is 4.74 Å². The van der Waals surface area contributed by atoms with E-state index in [1.807, 2.05) is 20.8 Å². The van der Waals surface area contributed by atoms with Crippen molar-refractivity contribution in [2.45, 2.75) is 32.7 Å². The van der Waals surface area contributed by atoms with E-state index in [1.54, 1.807) is 0 Å². The Kier molecular flexibility index (Phi) is 7.16. The Balaban J connectivity index is 0. The lowest BCUT2D eigenvalue weighted by Gasteiger charge is -2.19. The molecule has 2 nitrogen and oxygen atoms in total. The lowest BCUT2D eigenvalue weighted by molar-refractivity contribution is 0.288. The van der Waals surface area contributed by atoms with Crippen LogP contribution in [0.4, 0.5) is 0 Å². The molecule has 0 amide bonds. The minimum Gasteiger partial charge on any atom is -0.485 e. The van der Waals surface area contributed by atoms with E-state index in [4.69, 9.17) is 22.7 Å². The van der Waals surface area contributed by atoms with Crippen molar-refractivity contribution in [2.75, 3.05) is 6.61 Å². The zero-order valence-electron chi connectivity index (χ0n) is 7.22. The van der Waals surface area contributed by atoms with Crippen LogP contribution < -0.4 is 5.73 Å². The lowest BCUT2D eigenvalue weighted by atomic mass is 10.1. The monoisotopic (exact) mass is 197 g/mol. The standard InChI is InChI=1S/C7H15NOS.ClH/c1-4-5-9-6(10)7(2,3)8;/h4-5,8H2,1-3H3;1H. The molecule has 0 rings (SSSR count). The molecule has 0 saturated heterocycles. The predicted molar refractivity (Wildman–Crippen MR) is 54.4 cm³/mol. The van der Waals surface area contributed by atoms with Gasteiger partial charge in [-0.05, 0) is 32.5 Å². The summed E-state index contributed by atoms with van der Waals surface area (Å²) in [6.07, 6.45) is 0.968. The normalized spacial score (nSPS) is 10.2. The number of halogens is 1. The van der Waals surface area contributed by atoms with E-state index in [1.165, 1.54) is 0 Å². The van der Waals surface area contributed by atoms with Gasteiger partial charge < -0.3 is 10.5 Å². The SMILES string of the molecule is CCCOC(=S)C(C)(C)N.Cl. The Bertz CT molecular complexity index is 122. The predicted octanol–water partition coefficient (Wildman–Crippen LogP) is 1.90. The molecule has 0 saturated carbocycles. The minimum absolute atomic E-state index is 0. The third-order valence-corrected chi connectivity index (χ3v) is 1.61. The Morgan fingerprint density at radius 1 is 1.55 bits per heavy atom. The van der Waals surface area contributed by atoms with Gasteiger partial charge >= 0.3 is 0 Å². The van der Waals surface area contributed by atoms with E-state index >= 15 is 0 Å². The van der Waals surface area contributed by atoms with Gasteiger partial charge in [0, 0.05) is 0 Å². The third kappa shape index (κ3) is 6.53. The molecular weight excluding hydrogens is 182 g/mol. The summed E-state index contributed by atoms with van der Waals surface area (Å²) in [6, 6.07) is 0. The van der Waals surface area contributed by atoms with E-state index < -0.39 is 5.54 Å². The molecule has 0 aromatic rings. The molecule has 0 fully saturated rings. The van der Waals surface area contributed by atoms with Gasteiger partial charge in [0.05, 0.1) is 12.1 Å². The highest BCUT2D eigenvalue weighted by Crippen LogP contribution is 2.02. The van der Waals surface area contributed by atoms with Crippen molar-refractivity contribution in [2.24, 2.45) is 5.73 Å². The van der Waals surface area contributed by atoms with E-state index in [0.717, 1.165) is 6.42 Å². The van der Waals surface area contributed by atoms with Crippen molar-refractivity contribution in [3.8, 4) is 0 Å². The van der Waals surface area contributed by atoms with Crippen LogP contribution in [0.15, 0.2) is 0 Å². The van der Waals surface area contributed by atoms with E-state index in [2.05, 4.69) is 0 Å². The fourth-order valence-electron chi connectivity index (χ4n) is 0.381. The first-order chi connectivity index (χ1) is 4.48. The van der Waals surface area contributed by atoms with Crippen molar-refractivity contribution in [1.82, 2.24) is 0 Å². The van der Waals surface area contributed by atoms with Crippen LogP contribution in [0.3, 0.4) is 0 Å². The van der Waals surface area contributed by atoms with Gasteiger partial charge in [0.15, 0.2) is 5.05 Å². The van der Waals surface area contributed by atoms with E-state index in [-0.39, 0.29) is 12.4 Å². The third-order valence-electron chi connectivity index (χ3n) is 0.963. The molecule has 0 aromatic heterocycles. The first-order valence-electron chi connectivity index (χ1n) is 3.44. The average molecular weight is 198 g/mol. The number of hydrogen-bond donors (Lipinski definition) is 1. The van der Waals surface area contributed by atoms with Crippen LogP contribution in [0, 0.1) is 0 Å². The Hall–Kier alpha value is 0.140. The van der Waals surface area contributed by atoms with Crippen molar-refractivity contribution < 1.29 is 4.74 Å². The molecule has 0 aliphatic heterocycles. The molecule has 0 radical (unpaired) electrons. The molecule has 0 spiro atoms. The fraction of sp³-hybridized carbons (Fsp3) is 0.857. The van der Waals surface area contributed by atoms with Gasteiger partial charge in [-0.25, -0.2) is 0 Å². The molecule has 0 unspecified atom stereocenters. The van der Waals surface area contributed by atoms with E-state index in [9.17, 15) is 0 Å². The summed E-state index contributed by atoms with van der Waals surface area (Å²) in [4.78, 5) is 0. The van der Waals surface area contributed by atoms with Crippen molar-refractivity contribution in [3.05, 3.63) is 0 Å². The Morgan fingerprint density at radius 3 is 2.27 bits per heavy atom. The fourth-order valence-corrected chi connectivity index (χ4v) is 0.464. The van der Waals surface area contributed by atoms with Crippen molar-refractivity contribution in [3.63, 3.8) is 0 Å². The average Bonchev–Trinajstić information content (AvgIpc) is 1.80. The zero-order chi connectivity index (χ0) is 8.20. The van der Waals surface area contributed by atoms with Gasteiger partial charge in [-0.2, -0.15) is 0 Å². The Labute approximate surface area is 79.9 Å². The number of thiocarbonyl (C=S) groups is 1. The van der Waals surface area contributed by atoms with Gasteiger partial charge in [0.1, 0.15) is 0 Å². The van der Waals surface area contributed by atoms with Crippen LogP contribution in [0.5, 0.6) is 0 Å². The molecule has 2 N–H and O–H groups in total. The van der Waals surface area contributed by atoms with Crippen LogP contribution in [0.25, 0.3) is 0 Å². The summed E-state index contributed by atoms with van der Waals surface area (Å²) >= 11 is 4.91. The summed E-state index contributed by atoms with van der Waals surface area (Å²) in [5, 5.41) is 0.495. The molecule has 11 heavy (non-hydrogen) atoms. The molecule has 4 heteroatoms. The second-order valence-corrected chi connectivity index (χ2v) is 3.23. The largest absolute Gasteiger partial charge is 0.485 e. The van der Waals surface area contributed by atoms with Crippen LogP contribution in [0.2, 0.25) is 0 Å². The molecular formula is C7H16ClNOS. The first-order valence-corrected chi connectivity index (χ1v) is 3.85. The van der Waals surface area contributed by atoms with Gasteiger partial charge in [0.2, 0.25) is 0 Å². The molecule has 0 atom stereocenters. The number of ether oxygens (including phenoxy) is 1. The maximum Gasteiger partial charge on any atom is 0.178 e. The van der Waals surface area contributed by atoms with Gasteiger partial charge in [-0.15, -0.1) is 12.4 Å². The Morgan fingerprint density at radius 2 is 2.00 bits per heavy atom. The molecule has 0 heterocycles. The van der Waals surface area contributed by atoms with Gasteiger partial charge in [0.25, 0.3) is 0 Å². The molecule has 0 bridgehead atoms.